The molecule has 30 heavy (non-hydrogen) atoms. The lowest BCUT2D eigenvalue weighted by molar-refractivity contribution is 0.0986. The smallest absolute Gasteiger partial charge is 0.260 e. The molecular formula is C22H18ClN5OS. The molecule has 0 saturated heterocycles. The molecule has 0 aliphatic heterocycles. The van der Waals surface area contributed by atoms with Gasteiger partial charge in [-0.15, -0.1) is 0 Å². The highest BCUT2D eigenvalue weighted by molar-refractivity contribution is 7.22. The summed E-state index contributed by atoms with van der Waals surface area (Å²) in [6.45, 7) is 3.21. The van der Waals surface area contributed by atoms with Crippen LogP contribution in [0.1, 0.15) is 27.9 Å². The molecule has 8 heteroatoms. The van der Waals surface area contributed by atoms with Gasteiger partial charge in [0.05, 0.1) is 28.2 Å². The van der Waals surface area contributed by atoms with Gasteiger partial charge in [-0.1, -0.05) is 22.9 Å². The van der Waals surface area contributed by atoms with E-state index in [0.717, 1.165) is 28.7 Å². The molecule has 0 unspecified atom stereocenters. The van der Waals surface area contributed by atoms with Crippen LogP contribution in [0.2, 0.25) is 5.02 Å². The lowest BCUT2D eigenvalue weighted by Crippen LogP contribution is -2.32. The van der Waals surface area contributed by atoms with Crippen molar-refractivity contribution in [3.63, 3.8) is 0 Å². The number of halogens is 1. The average Bonchev–Trinajstić information content (AvgIpc) is 3.41. The Bertz CT molecular complexity index is 1230. The summed E-state index contributed by atoms with van der Waals surface area (Å²) < 4.78 is 2.93. The number of rotatable bonds is 6. The third-order valence-corrected chi connectivity index (χ3v) is 5.98. The van der Waals surface area contributed by atoms with E-state index >= 15 is 0 Å². The van der Waals surface area contributed by atoms with Crippen molar-refractivity contribution in [2.24, 2.45) is 0 Å². The van der Waals surface area contributed by atoms with Crippen LogP contribution in [0, 0.1) is 18.3 Å². The minimum absolute atomic E-state index is 0.145. The minimum Gasteiger partial charge on any atom is -0.337 e. The molecule has 4 aromatic rings. The Labute approximate surface area is 183 Å². The van der Waals surface area contributed by atoms with E-state index in [9.17, 15) is 4.79 Å². The molecule has 0 aliphatic carbocycles. The molecule has 150 valence electrons. The van der Waals surface area contributed by atoms with Crippen molar-refractivity contribution in [3.8, 4) is 6.07 Å². The van der Waals surface area contributed by atoms with Crippen molar-refractivity contribution in [1.29, 1.82) is 5.26 Å². The Hall–Kier alpha value is -3.21. The molecule has 0 spiro atoms. The third kappa shape index (κ3) is 4.20. The van der Waals surface area contributed by atoms with Crippen LogP contribution in [-0.4, -0.2) is 27.0 Å². The summed E-state index contributed by atoms with van der Waals surface area (Å²) >= 11 is 7.65. The molecule has 2 heterocycles. The molecule has 4 rings (SSSR count). The second-order valence-corrected chi connectivity index (χ2v) is 8.31. The average molecular weight is 436 g/mol. The molecule has 6 nitrogen and oxygen atoms in total. The summed E-state index contributed by atoms with van der Waals surface area (Å²) in [5, 5.41) is 10.3. The number of amides is 1. The molecule has 0 atom stereocenters. The van der Waals surface area contributed by atoms with Gasteiger partial charge in [0.2, 0.25) is 0 Å². The van der Waals surface area contributed by atoms with E-state index < -0.39 is 0 Å². The summed E-state index contributed by atoms with van der Waals surface area (Å²) in [5.41, 5.74) is 2.87. The summed E-state index contributed by atoms with van der Waals surface area (Å²) in [6.07, 6.45) is 6.14. The Morgan fingerprint density at radius 2 is 2.10 bits per heavy atom. The van der Waals surface area contributed by atoms with E-state index in [4.69, 9.17) is 21.8 Å². The molecule has 0 N–H and O–H groups in total. The standard InChI is InChI=1S/C22H18ClN5OS/c1-15-11-18(23)12-19-20(15)26-22(30-19)28(9-2-8-27-10-7-25-14-27)21(29)17-5-3-16(13-24)4-6-17/h3-7,10-12,14H,2,8-9H2,1H3. The number of benzene rings is 2. The first kappa shape index (κ1) is 20.1. The first-order chi connectivity index (χ1) is 14.5. The largest absolute Gasteiger partial charge is 0.337 e. The van der Waals surface area contributed by atoms with E-state index in [1.165, 1.54) is 11.3 Å². The zero-order chi connectivity index (χ0) is 21.1. The maximum absolute atomic E-state index is 13.3. The van der Waals surface area contributed by atoms with Crippen LogP contribution in [0.15, 0.2) is 55.1 Å². The van der Waals surface area contributed by atoms with Gasteiger partial charge in [-0.3, -0.25) is 9.69 Å². The lowest BCUT2D eigenvalue weighted by Gasteiger charge is -2.20. The van der Waals surface area contributed by atoms with Crippen LogP contribution in [-0.2, 0) is 6.54 Å². The fraction of sp³-hybridized carbons (Fsp3) is 0.182. The van der Waals surface area contributed by atoms with E-state index in [1.807, 2.05) is 29.8 Å². The van der Waals surface area contributed by atoms with E-state index in [1.54, 1.807) is 41.7 Å². The molecule has 0 bridgehead atoms. The van der Waals surface area contributed by atoms with Crippen LogP contribution in [0.4, 0.5) is 5.13 Å². The fourth-order valence-corrected chi connectivity index (χ4v) is 4.66. The van der Waals surface area contributed by atoms with E-state index in [0.29, 0.717) is 27.8 Å². The number of anilines is 1. The van der Waals surface area contributed by atoms with Gasteiger partial charge in [0.15, 0.2) is 5.13 Å². The Balaban J connectivity index is 1.66. The number of nitriles is 1. The number of carbonyl (C=O) groups excluding carboxylic acids is 1. The summed E-state index contributed by atoms with van der Waals surface area (Å²) in [5.74, 6) is -0.145. The molecule has 0 saturated carbocycles. The molecule has 0 aliphatic rings. The number of nitrogens with zero attached hydrogens (tertiary/aromatic N) is 5. The number of imidazole rings is 1. The van der Waals surface area contributed by atoms with E-state index in [2.05, 4.69) is 11.1 Å². The number of aryl methyl sites for hydroxylation is 2. The van der Waals surface area contributed by atoms with Gasteiger partial charge in [-0.25, -0.2) is 9.97 Å². The fourth-order valence-electron chi connectivity index (χ4n) is 3.22. The Kier molecular flexibility index (Phi) is 5.79. The van der Waals surface area contributed by atoms with Crippen LogP contribution in [0.3, 0.4) is 0 Å². The highest BCUT2D eigenvalue weighted by atomic mass is 35.5. The van der Waals surface area contributed by atoms with Gasteiger partial charge in [0.1, 0.15) is 0 Å². The quantitative estimate of drug-likeness (QED) is 0.424. The van der Waals surface area contributed by atoms with Crippen molar-refractivity contribution in [1.82, 2.24) is 14.5 Å². The molecule has 0 radical (unpaired) electrons. The van der Waals surface area contributed by atoms with Crippen molar-refractivity contribution in [3.05, 3.63) is 76.8 Å². The predicted octanol–water partition coefficient (Wildman–Crippen LogP) is 5.06. The number of thiazole rings is 1. The van der Waals surface area contributed by atoms with Crippen LogP contribution in [0.25, 0.3) is 10.2 Å². The summed E-state index contributed by atoms with van der Waals surface area (Å²) in [4.78, 5) is 23.8. The minimum atomic E-state index is -0.145. The maximum atomic E-state index is 13.3. The highest BCUT2D eigenvalue weighted by Gasteiger charge is 2.22. The van der Waals surface area contributed by atoms with Gasteiger partial charge in [-0.2, -0.15) is 5.26 Å². The number of hydrogen-bond donors (Lipinski definition) is 0. The Morgan fingerprint density at radius 3 is 2.80 bits per heavy atom. The van der Waals surface area contributed by atoms with Gasteiger partial charge in [-0.05, 0) is 55.3 Å². The zero-order valence-electron chi connectivity index (χ0n) is 16.2. The van der Waals surface area contributed by atoms with Gasteiger partial charge in [0.25, 0.3) is 5.91 Å². The normalized spacial score (nSPS) is 10.8. The first-order valence-electron chi connectivity index (χ1n) is 9.39. The van der Waals surface area contributed by atoms with E-state index in [-0.39, 0.29) is 5.91 Å². The molecular weight excluding hydrogens is 418 g/mol. The molecule has 1 amide bonds. The second-order valence-electron chi connectivity index (χ2n) is 6.87. The van der Waals surface area contributed by atoms with Crippen molar-refractivity contribution >= 4 is 44.2 Å². The van der Waals surface area contributed by atoms with Crippen molar-refractivity contribution in [2.75, 3.05) is 11.4 Å². The van der Waals surface area contributed by atoms with Gasteiger partial charge in [0, 0.05) is 36.1 Å². The summed E-state index contributed by atoms with van der Waals surface area (Å²) in [6, 6.07) is 12.5. The SMILES string of the molecule is Cc1cc(Cl)cc2sc(N(CCCn3ccnc3)C(=O)c3ccc(C#N)cc3)nc12. The van der Waals surface area contributed by atoms with Gasteiger partial charge >= 0.3 is 0 Å². The molecule has 0 fully saturated rings. The number of carbonyl (C=O) groups is 1. The topological polar surface area (TPSA) is 74.8 Å². The zero-order valence-corrected chi connectivity index (χ0v) is 17.8. The number of hydrogen-bond acceptors (Lipinski definition) is 5. The van der Waals surface area contributed by atoms with Crippen molar-refractivity contribution in [2.45, 2.75) is 19.9 Å². The van der Waals surface area contributed by atoms with Crippen LogP contribution >= 0.6 is 22.9 Å². The molecule has 2 aromatic carbocycles. The first-order valence-corrected chi connectivity index (χ1v) is 10.6. The maximum Gasteiger partial charge on any atom is 0.260 e. The monoisotopic (exact) mass is 435 g/mol. The van der Waals surface area contributed by atoms with Crippen LogP contribution < -0.4 is 4.90 Å². The number of fused-ring (bicyclic) bond motifs is 1. The lowest BCUT2D eigenvalue weighted by atomic mass is 10.1. The molecule has 2 aromatic heterocycles. The summed E-state index contributed by atoms with van der Waals surface area (Å²) in [7, 11) is 0. The third-order valence-electron chi connectivity index (χ3n) is 4.73. The van der Waals surface area contributed by atoms with Crippen molar-refractivity contribution < 1.29 is 4.79 Å². The second kappa shape index (κ2) is 8.66. The Morgan fingerprint density at radius 1 is 1.30 bits per heavy atom. The van der Waals surface area contributed by atoms with Gasteiger partial charge < -0.3 is 4.57 Å². The number of aromatic nitrogens is 3. The predicted molar refractivity (Wildman–Crippen MR) is 119 cm³/mol. The highest BCUT2D eigenvalue weighted by Crippen LogP contribution is 2.33. The van der Waals surface area contributed by atoms with Crippen LogP contribution in [0.5, 0.6) is 0 Å².